The lowest BCUT2D eigenvalue weighted by Crippen LogP contribution is -2.45. The number of nitrogens with zero attached hydrogens (tertiary/aromatic N) is 1. The van der Waals surface area contributed by atoms with Crippen molar-refractivity contribution < 1.29 is 55.2 Å². The zero-order valence-corrected chi connectivity index (χ0v) is 19.0. The predicted octanol–water partition coefficient (Wildman–Crippen LogP) is 3.64. The number of nitrogens with one attached hydrogen (secondary N) is 1. The maximum Gasteiger partial charge on any atom is 0.411 e. The van der Waals surface area contributed by atoms with E-state index in [9.17, 15) is 35.9 Å². The highest BCUT2D eigenvalue weighted by atomic mass is 19.4. The van der Waals surface area contributed by atoms with Crippen molar-refractivity contribution in [1.29, 1.82) is 0 Å². The molecule has 0 aliphatic rings. The Hall–Kier alpha value is -2.74. The van der Waals surface area contributed by atoms with Crippen molar-refractivity contribution in [2.45, 2.75) is 38.2 Å². The Labute approximate surface area is 198 Å². The van der Waals surface area contributed by atoms with Crippen molar-refractivity contribution in [3.05, 3.63) is 29.8 Å². The first-order chi connectivity index (χ1) is 16.3. The van der Waals surface area contributed by atoms with E-state index in [0.717, 1.165) is 4.90 Å². The fourth-order valence-corrected chi connectivity index (χ4v) is 2.78. The van der Waals surface area contributed by atoms with Gasteiger partial charge in [-0.2, -0.15) is 26.3 Å². The molecule has 2 amide bonds. The minimum absolute atomic E-state index is 0.0329. The summed E-state index contributed by atoms with van der Waals surface area (Å²) in [6.07, 6.45) is -10.0. The van der Waals surface area contributed by atoms with Crippen molar-refractivity contribution in [1.82, 2.24) is 10.2 Å². The topological polar surface area (TPSA) is 97.3 Å². The van der Waals surface area contributed by atoms with Gasteiger partial charge in [0.25, 0.3) is 0 Å². The average molecular weight is 518 g/mol. The Kier molecular flexibility index (Phi) is 12.6. The lowest BCUT2D eigenvalue weighted by molar-refractivity contribution is -0.174. The molecule has 2 N–H and O–H groups in total. The molecule has 0 aliphatic heterocycles. The molecule has 0 heterocycles. The summed E-state index contributed by atoms with van der Waals surface area (Å²) in [4.78, 5) is 24.2. The first kappa shape index (κ1) is 30.3. The second-order valence-corrected chi connectivity index (χ2v) is 7.26. The van der Waals surface area contributed by atoms with Gasteiger partial charge in [-0.15, -0.1) is 0 Å². The molecule has 200 valence electrons. The number of carbonyl (C=O) groups is 2. The van der Waals surface area contributed by atoms with Crippen LogP contribution in [0.25, 0.3) is 0 Å². The first-order valence-corrected chi connectivity index (χ1v) is 10.6. The Morgan fingerprint density at radius 1 is 1.03 bits per heavy atom. The van der Waals surface area contributed by atoms with Gasteiger partial charge in [0.05, 0.1) is 6.54 Å². The molecule has 0 aromatic heterocycles. The van der Waals surface area contributed by atoms with E-state index in [1.165, 1.54) is 0 Å². The monoisotopic (exact) mass is 518 g/mol. The highest BCUT2D eigenvalue weighted by Gasteiger charge is 2.29. The van der Waals surface area contributed by atoms with Crippen molar-refractivity contribution >= 4 is 12.0 Å². The van der Waals surface area contributed by atoms with Crippen molar-refractivity contribution in [3.63, 3.8) is 0 Å². The van der Waals surface area contributed by atoms with E-state index in [1.54, 1.807) is 36.5 Å². The summed E-state index contributed by atoms with van der Waals surface area (Å²) in [5, 5.41) is 10.8. The summed E-state index contributed by atoms with van der Waals surface area (Å²) in [7, 11) is 0. The number of amides is 2. The van der Waals surface area contributed by atoms with Crippen LogP contribution in [0.5, 0.6) is 5.75 Å². The van der Waals surface area contributed by atoms with E-state index >= 15 is 0 Å². The standard InChI is InChI=1S/C21H28F6N2O6/c1-2-34-17(18(30)31)12-15-4-6-16(7-5-15)35-11-9-29(19(32)28-13-20(22,23)24)8-3-10-33-14-21(25,26)27/h4-7,17H,2-3,8-14H2,1H3,(H,28,32)(H,30,31). The van der Waals surface area contributed by atoms with Gasteiger partial charge in [-0.05, 0) is 31.0 Å². The van der Waals surface area contributed by atoms with Crippen LogP contribution in [-0.4, -0.2) is 86.5 Å². The lowest BCUT2D eigenvalue weighted by atomic mass is 10.1. The molecule has 35 heavy (non-hydrogen) atoms. The Balaban J connectivity index is 2.59. The molecule has 1 aromatic carbocycles. The number of benzene rings is 1. The van der Waals surface area contributed by atoms with Crippen LogP contribution in [0.15, 0.2) is 24.3 Å². The largest absolute Gasteiger partial charge is 0.492 e. The molecule has 0 aliphatic carbocycles. The summed E-state index contributed by atoms with van der Waals surface area (Å²) in [5.41, 5.74) is 0.671. The molecule has 1 atom stereocenters. The quantitative estimate of drug-likeness (QED) is 0.272. The molecule has 0 bridgehead atoms. The van der Waals surface area contributed by atoms with Gasteiger partial charge in [0.15, 0.2) is 6.10 Å². The van der Waals surface area contributed by atoms with Crippen LogP contribution in [0.3, 0.4) is 0 Å². The second kappa shape index (κ2) is 14.6. The van der Waals surface area contributed by atoms with E-state index < -0.39 is 43.6 Å². The molecule has 8 nitrogen and oxygen atoms in total. The third-order valence-corrected chi connectivity index (χ3v) is 4.33. The van der Waals surface area contributed by atoms with Gasteiger partial charge in [-0.1, -0.05) is 12.1 Å². The van der Waals surface area contributed by atoms with Gasteiger partial charge >= 0.3 is 24.4 Å². The zero-order chi connectivity index (χ0) is 26.5. The zero-order valence-electron chi connectivity index (χ0n) is 19.0. The number of alkyl halides is 6. The normalized spacial score (nSPS) is 12.8. The average Bonchev–Trinajstić information content (AvgIpc) is 2.75. The molecule has 0 saturated carbocycles. The summed E-state index contributed by atoms with van der Waals surface area (Å²) in [6, 6.07) is 5.30. The number of urea groups is 1. The Bertz CT molecular complexity index is 773. The number of rotatable bonds is 15. The minimum atomic E-state index is -4.63. The number of hydrogen-bond donors (Lipinski definition) is 2. The Morgan fingerprint density at radius 3 is 2.23 bits per heavy atom. The van der Waals surface area contributed by atoms with E-state index in [-0.39, 0.29) is 45.8 Å². The highest BCUT2D eigenvalue weighted by molar-refractivity contribution is 5.74. The summed E-state index contributed by atoms with van der Waals surface area (Å²) < 4.78 is 88.6. The van der Waals surface area contributed by atoms with Crippen LogP contribution in [0.1, 0.15) is 18.9 Å². The summed E-state index contributed by atoms with van der Waals surface area (Å²) in [5.74, 6) is -0.735. The molecule has 1 rings (SSSR count). The van der Waals surface area contributed by atoms with Crippen LogP contribution in [0.4, 0.5) is 31.1 Å². The number of halogens is 6. The van der Waals surface area contributed by atoms with Crippen LogP contribution in [-0.2, 0) is 20.7 Å². The van der Waals surface area contributed by atoms with Crippen LogP contribution < -0.4 is 10.1 Å². The summed E-state index contributed by atoms with van der Waals surface area (Å²) in [6.45, 7) is -1.87. The van der Waals surface area contributed by atoms with Gasteiger partial charge in [0.1, 0.15) is 25.5 Å². The third-order valence-electron chi connectivity index (χ3n) is 4.33. The molecule has 0 spiro atoms. The van der Waals surface area contributed by atoms with E-state index in [4.69, 9.17) is 14.6 Å². The molecular formula is C21H28F6N2O6. The summed E-state index contributed by atoms with van der Waals surface area (Å²) >= 11 is 0. The molecule has 14 heteroatoms. The maximum absolute atomic E-state index is 12.4. The van der Waals surface area contributed by atoms with Crippen molar-refractivity contribution in [2.24, 2.45) is 0 Å². The second-order valence-electron chi connectivity index (χ2n) is 7.26. The molecular weight excluding hydrogens is 490 g/mol. The Morgan fingerprint density at radius 2 is 1.69 bits per heavy atom. The fourth-order valence-electron chi connectivity index (χ4n) is 2.78. The highest BCUT2D eigenvalue weighted by Crippen LogP contribution is 2.16. The van der Waals surface area contributed by atoms with Crippen LogP contribution in [0, 0.1) is 0 Å². The molecule has 1 unspecified atom stereocenters. The van der Waals surface area contributed by atoms with E-state index in [0.29, 0.717) is 11.3 Å². The van der Waals surface area contributed by atoms with Crippen LogP contribution in [0.2, 0.25) is 0 Å². The van der Waals surface area contributed by atoms with Gasteiger partial charge in [-0.3, -0.25) is 0 Å². The van der Waals surface area contributed by atoms with Crippen molar-refractivity contribution in [2.75, 3.05) is 46.1 Å². The van der Waals surface area contributed by atoms with Gasteiger partial charge < -0.3 is 29.5 Å². The number of carbonyl (C=O) groups excluding carboxylic acids is 1. The van der Waals surface area contributed by atoms with Gasteiger partial charge in [-0.25, -0.2) is 9.59 Å². The maximum atomic E-state index is 12.4. The number of aliphatic carboxylic acids is 1. The number of hydrogen-bond acceptors (Lipinski definition) is 5. The molecule has 0 radical (unpaired) electrons. The van der Waals surface area contributed by atoms with Crippen LogP contribution >= 0.6 is 0 Å². The number of carboxylic acids is 1. The molecule has 1 aromatic rings. The minimum Gasteiger partial charge on any atom is -0.492 e. The smallest absolute Gasteiger partial charge is 0.411 e. The molecule has 0 saturated heterocycles. The predicted molar refractivity (Wildman–Crippen MR) is 111 cm³/mol. The number of ether oxygens (including phenoxy) is 3. The first-order valence-electron chi connectivity index (χ1n) is 10.6. The third kappa shape index (κ3) is 14.3. The number of carboxylic acid groups (broad SMARTS) is 1. The molecule has 0 fully saturated rings. The fraction of sp³-hybridized carbons (Fsp3) is 0.619. The van der Waals surface area contributed by atoms with E-state index in [2.05, 4.69) is 4.74 Å². The SMILES string of the molecule is CCOC(Cc1ccc(OCCN(CCCOCC(F)(F)F)C(=O)NCC(F)(F)F)cc1)C(=O)O. The van der Waals surface area contributed by atoms with E-state index in [1.807, 2.05) is 0 Å². The van der Waals surface area contributed by atoms with Gasteiger partial charge in [0, 0.05) is 26.2 Å². The lowest BCUT2D eigenvalue weighted by Gasteiger charge is -2.23. The van der Waals surface area contributed by atoms with Crippen molar-refractivity contribution in [3.8, 4) is 5.75 Å². The van der Waals surface area contributed by atoms with Gasteiger partial charge in [0.2, 0.25) is 0 Å².